The average Bonchev–Trinajstić information content (AvgIpc) is 3.11. The number of hydrogen-bond donors (Lipinski definition) is 1. The van der Waals surface area contributed by atoms with Crippen molar-refractivity contribution in [3.8, 4) is 0 Å². The summed E-state index contributed by atoms with van der Waals surface area (Å²) in [6.07, 6.45) is 1.83. The molecule has 1 aromatic carbocycles. The van der Waals surface area contributed by atoms with E-state index in [9.17, 15) is 9.59 Å². The van der Waals surface area contributed by atoms with Gasteiger partial charge in [0.05, 0.1) is 6.54 Å². The molecule has 0 fully saturated rings. The molecule has 1 aliphatic rings. The fourth-order valence-corrected chi connectivity index (χ4v) is 2.98. The molecule has 0 aliphatic carbocycles. The number of hydrogen-bond acceptors (Lipinski definition) is 3. The zero-order valence-corrected chi connectivity index (χ0v) is 12.1. The van der Waals surface area contributed by atoms with Gasteiger partial charge in [0.25, 0.3) is 5.91 Å². The van der Waals surface area contributed by atoms with E-state index < -0.39 is 0 Å². The Kier molecular flexibility index (Phi) is 2.69. The number of aromatic amines is 1. The monoisotopic (exact) mass is 297 g/mol. The Labute approximate surface area is 125 Å². The lowest BCUT2D eigenvalue weighted by Gasteiger charge is -2.27. The van der Waals surface area contributed by atoms with Gasteiger partial charge in [-0.05, 0) is 18.2 Å². The standard InChI is InChI=1S/C15H15N5O2/c1-18-15(22)20-8-7-19(9-13(20)17-18)14(21)11-3-2-4-12-10(11)5-6-16-12/h2-6,16H,7-9H2,1H3. The van der Waals surface area contributed by atoms with Crippen molar-refractivity contribution in [2.75, 3.05) is 6.54 Å². The third-order valence-electron chi connectivity index (χ3n) is 4.12. The van der Waals surface area contributed by atoms with Gasteiger partial charge in [0.2, 0.25) is 0 Å². The van der Waals surface area contributed by atoms with Gasteiger partial charge in [0.1, 0.15) is 0 Å². The summed E-state index contributed by atoms with van der Waals surface area (Å²) in [6.45, 7) is 1.35. The van der Waals surface area contributed by atoms with Crippen molar-refractivity contribution in [1.82, 2.24) is 24.2 Å². The summed E-state index contributed by atoms with van der Waals surface area (Å²) in [5.41, 5.74) is 1.48. The predicted octanol–water partition coefficient (Wildman–Crippen LogP) is 0.719. The maximum atomic E-state index is 12.8. The number of carbonyl (C=O) groups excluding carboxylic acids is 1. The van der Waals surface area contributed by atoms with Crippen molar-refractivity contribution < 1.29 is 4.79 Å². The Morgan fingerprint density at radius 2 is 2.14 bits per heavy atom. The number of nitrogens with zero attached hydrogens (tertiary/aromatic N) is 4. The minimum absolute atomic E-state index is 0.0328. The molecule has 0 saturated carbocycles. The topological polar surface area (TPSA) is 75.9 Å². The Balaban J connectivity index is 1.70. The first-order valence-corrected chi connectivity index (χ1v) is 7.13. The molecule has 112 valence electrons. The van der Waals surface area contributed by atoms with E-state index in [4.69, 9.17) is 0 Å². The van der Waals surface area contributed by atoms with E-state index in [0.29, 0.717) is 31.0 Å². The number of benzene rings is 1. The van der Waals surface area contributed by atoms with E-state index in [1.165, 1.54) is 4.68 Å². The van der Waals surface area contributed by atoms with Crippen LogP contribution in [0.4, 0.5) is 0 Å². The van der Waals surface area contributed by atoms with Gasteiger partial charge in [-0.3, -0.25) is 9.36 Å². The van der Waals surface area contributed by atoms with Gasteiger partial charge >= 0.3 is 5.69 Å². The van der Waals surface area contributed by atoms with Crippen LogP contribution in [0.5, 0.6) is 0 Å². The molecule has 3 aromatic rings. The van der Waals surface area contributed by atoms with E-state index in [2.05, 4.69) is 10.1 Å². The molecule has 7 heteroatoms. The maximum absolute atomic E-state index is 12.8. The van der Waals surface area contributed by atoms with Crippen LogP contribution in [-0.4, -0.2) is 36.7 Å². The molecule has 0 radical (unpaired) electrons. The zero-order valence-electron chi connectivity index (χ0n) is 12.1. The first-order chi connectivity index (χ1) is 10.6. The molecule has 0 saturated heterocycles. The fraction of sp³-hybridized carbons (Fsp3) is 0.267. The van der Waals surface area contributed by atoms with Gasteiger partial charge in [-0.15, -0.1) is 0 Å². The molecule has 7 nitrogen and oxygen atoms in total. The first kappa shape index (κ1) is 12.9. The second-order valence-electron chi connectivity index (χ2n) is 5.45. The lowest BCUT2D eigenvalue weighted by Crippen LogP contribution is -2.40. The number of H-pyrrole nitrogens is 1. The van der Waals surface area contributed by atoms with Crippen molar-refractivity contribution in [3.63, 3.8) is 0 Å². The number of aryl methyl sites for hydroxylation is 1. The first-order valence-electron chi connectivity index (χ1n) is 7.13. The Morgan fingerprint density at radius 1 is 1.27 bits per heavy atom. The molecule has 1 N–H and O–H groups in total. The minimum atomic E-state index is -0.130. The SMILES string of the molecule is Cn1nc2n(c1=O)CCN(C(=O)c1cccc3[nH]ccc13)C2. The highest BCUT2D eigenvalue weighted by atomic mass is 16.2. The second-order valence-corrected chi connectivity index (χ2v) is 5.45. The predicted molar refractivity (Wildman–Crippen MR) is 80.5 cm³/mol. The van der Waals surface area contributed by atoms with Crippen LogP contribution < -0.4 is 5.69 Å². The highest BCUT2D eigenvalue weighted by Crippen LogP contribution is 2.20. The van der Waals surface area contributed by atoms with E-state index in [0.717, 1.165) is 10.9 Å². The number of fused-ring (bicyclic) bond motifs is 2. The Morgan fingerprint density at radius 3 is 3.00 bits per heavy atom. The van der Waals surface area contributed by atoms with Crippen LogP contribution in [0.2, 0.25) is 0 Å². The van der Waals surface area contributed by atoms with Crippen LogP contribution in [-0.2, 0) is 20.1 Å². The summed E-state index contributed by atoms with van der Waals surface area (Å²) in [7, 11) is 1.63. The molecule has 0 unspecified atom stereocenters. The van der Waals surface area contributed by atoms with E-state index in [-0.39, 0.29) is 11.6 Å². The van der Waals surface area contributed by atoms with E-state index in [1.807, 2.05) is 30.5 Å². The zero-order chi connectivity index (χ0) is 15.3. The lowest BCUT2D eigenvalue weighted by molar-refractivity contribution is 0.0708. The highest BCUT2D eigenvalue weighted by molar-refractivity contribution is 6.06. The van der Waals surface area contributed by atoms with Crippen molar-refractivity contribution in [3.05, 3.63) is 52.3 Å². The van der Waals surface area contributed by atoms with Gasteiger partial charge in [0, 0.05) is 42.8 Å². The highest BCUT2D eigenvalue weighted by Gasteiger charge is 2.26. The van der Waals surface area contributed by atoms with Gasteiger partial charge < -0.3 is 9.88 Å². The normalized spacial score (nSPS) is 14.3. The van der Waals surface area contributed by atoms with Gasteiger partial charge in [-0.1, -0.05) is 6.07 Å². The maximum Gasteiger partial charge on any atom is 0.345 e. The quantitative estimate of drug-likeness (QED) is 0.719. The Hall–Kier alpha value is -2.83. The molecule has 22 heavy (non-hydrogen) atoms. The molecule has 4 rings (SSSR count). The molecular formula is C15H15N5O2. The number of nitrogens with one attached hydrogen (secondary N) is 1. The summed E-state index contributed by atoms with van der Waals surface area (Å²) >= 11 is 0. The van der Waals surface area contributed by atoms with Gasteiger partial charge in [0.15, 0.2) is 5.82 Å². The molecule has 0 atom stereocenters. The van der Waals surface area contributed by atoms with Gasteiger partial charge in [-0.2, -0.15) is 5.10 Å². The number of rotatable bonds is 1. The minimum Gasteiger partial charge on any atom is -0.361 e. The summed E-state index contributed by atoms with van der Waals surface area (Å²) in [6, 6.07) is 7.55. The van der Waals surface area contributed by atoms with Crippen molar-refractivity contribution in [2.24, 2.45) is 7.05 Å². The van der Waals surface area contributed by atoms with E-state index >= 15 is 0 Å². The number of aromatic nitrogens is 4. The fourth-order valence-electron chi connectivity index (χ4n) is 2.98. The number of amides is 1. The third kappa shape index (κ3) is 1.78. The van der Waals surface area contributed by atoms with Crippen molar-refractivity contribution in [2.45, 2.75) is 13.1 Å². The molecule has 3 heterocycles. The molecule has 0 bridgehead atoms. The van der Waals surface area contributed by atoms with Crippen molar-refractivity contribution >= 4 is 16.8 Å². The van der Waals surface area contributed by atoms with Crippen LogP contribution >= 0.6 is 0 Å². The third-order valence-corrected chi connectivity index (χ3v) is 4.12. The molecule has 0 spiro atoms. The molecule has 2 aromatic heterocycles. The summed E-state index contributed by atoms with van der Waals surface area (Å²) in [4.78, 5) is 29.5. The number of carbonyl (C=O) groups is 1. The molecular weight excluding hydrogens is 282 g/mol. The second kappa shape index (κ2) is 4.59. The largest absolute Gasteiger partial charge is 0.361 e. The summed E-state index contributed by atoms with van der Waals surface area (Å²) in [5.74, 6) is 0.600. The van der Waals surface area contributed by atoms with E-state index in [1.54, 1.807) is 16.5 Å². The summed E-state index contributed by atoms with van der Waals surface area (Å²) < 4.78 is 2.94. The van der Waals surface area contributed by atoms with Crippen LogP contribution in [0.15, 0.2) is 35.3 Å². The molecule has 1 amide bonds. The average molecular weight is 297 g/mol. The smallest absolute Gasteiger partial charge is 0.345 e. The van der Waals surface area contributed by atoms with Crippen LogP contribution in [0.3, 0.4) is 0 Å². The van der Waals surface area contributed by atoms with Crippen LogP contribution in [0.1, 0.15) is 16.2 Å². The van der Waals surface area contributed by atoms with Gasteiger partial charge in [-0.25, -0.2) is 9.48 Å². The lowest BCUT2D eigenvalue weighted by atomic mass is 10.1. The van der Waals surface area contributed by atoms with Crippen molar-refractivity contribution in [1.29, 1.82) is 0 Å². The summed E-state index contributed by atoms with van der Waals surface area (Å²) in [5, 5.41) is 5.11. The molecule has 1 aliphatic heterocycles. The van der Waals surface area contributed by atoms with Crippen LogP contribution in [0, 0.1) is 0 Å². The Bertz CT molecular complexity index is 933. The van der Waals surface area contributed by atoms with Crippen LogP contribution in [0.25, 0.3) is 10.9 Å².